The standard InChI is InChI=1S/C12H14O5/c1-3-8(11(14)15)7-4-5-10(13)9(6-7)12(16)17-2/h4-6,8,13H,3H2,1-2H3,(H,14,15). The molecule has 0 aliphatic heterocycles. The Labute approximate surface area is 98.6 Å². The molecule has 1 rings (SSSR count). The van der Waals surface area contributed by atoms with E-state index < -0.39 is 17.9 Å². The number of hydrogen-bond donors (Lipinski definition) is 2. The van der Waals surface area contributed by atoms with Crippen LogP contribution in [0.5, 0.6) is 5.75 Å². The second-order valence-corrected chi connectivity index (χ2v) is 3.57. The molecule has 5 heteroatoms. The number of carbonyl (C=O) groups is 2. The molecule has 0 saturated carbocycles. The smallest absolute Gasteiger partial charge is 0.341 e. The highest BCUT2D eigenvalue weighted by Crippen LogP contribution is 2.26. The van der Waals surface area contributed by atoms with Crippen molar-refractivity contribution in [3.63, 3.8) is 0 Å². The van der Waals surface area contributed by atoms with Gasteiger partial charge in [0.1, 0.15) is 11.3 Å². The average molecular weight is 238 g/mol. The number of aromatic hydroxyl groups is 1. The van der Waals surface area contributed by atoms with Crippen molar-refractivity contribution in [2.24, 2.45) is 0 Å². The molecule has 0 fully saturated rings. The molecule has 1 atom stereocenters. The minimum atomic E-state index is -0.964. The predicted molar refractivity (Wildman–Crippen MR) is 60.1 cm³/mol. The molecule has 0 saturated heterocycles. The lowest BCUT2D eigenvalue weighted by molar-refractivity contribution is -0.138. The van der Waals surface area contributed by atoms with Crippen LogP contribution < -0.4 is 0 Å². The lowest BCUT2D eigenvalue weighted by Crippen LogP contribution is -2.11. The number of rotatable bonds is 4. The Morgan fingerprint density at radius 2 is 2.06 bits per heavy atom. The Bertz CT molecular complexity index is 439. The first-order valence-electron chi connectivity index (χ1n) is 5.15. The van der Waals surface area contributed by atoms with E-state index in [0.29, 0.717) is 12.0 Å². The van der Waals surface area contributed by atoms with Crippen LogP contribution in [0.3, 0.4) is 0 Å². The van der Waals surface area contributed by atoms with Gasteiger partial charge in [0, 0.05) is 0 Å². The number of carbonyl (C=O) groups excluding carboxylic acids is 1. The lowest BCUT2D eigenvalue weighted by atomic mass is 9.95. The zero-order valence-electron chi connectivity index (χ0n) is 9.64. The van der Waals surface area contributed by atoms with E-state index in [1.54, 1.807) is 6.92 Å². The summed E-state index contributed by atoms with van der Waals surface area (Å²) in [6, 6.07) is 4.14. The van der Waals surface area contributed by atoms with Crippen molar-refractivity contribution in [2.75, 3.05) is 7.11 Å². The summed E-state index contributed by atoms with van der Waals surface area (Å²) in [6.45, 7) is 1.74. The van der Waals surface area contributed by atoms with Gasteiger partial charge in [0.2, 0.25) is 0 Å². The number of phenols is 1. The highest BCUT2D eigenvalue weighted by molar-refractivity contribution is 5.93. The molecule has 0 aromatic heterocycles. The van der Waals surface area contributed by atoms with Gasteiger partial charge in [-0.1, -0.05) is 13.0 Å². The summed E-state index contributed by atoms with van der Waals surface area (Å²) < 4.78 is 4.50. The SMILES string of the molecule is CCC(C(=O)O)c1ccc(O)c(C(=O)OC)c1. The molecule has 17 heavy (non-hydrogen) atoms. The Morgan fingerprint density at radius 3 is 2.53 bits per heavy atom. The predicted octanol–water partition coefficient (Wildman–Crippen LogP) is 1.76. The Morgan fingerprint density at radius 1 is 1.41 bits per heavy atom. The molecule has 0 aliphatic rings. The molecule has 0 radical (unpaired) electrons. The van der Waals surface area contributed by atoms with Crippen molar-refractivity contribution in [2.45, 2.75) is 19.3 Å². The molecule has 1 unspecified atom stereocenters. The van der Waals surface area contributed by atoms with Gasteiger partial charge >= 0.3 is 11.9 Å². The van der Waals surface area contributed by atoms with Crippen LogP contribution in [0, 0.1) is 0 Å². The van der Waals surface area contributed by atoms with Gasteiger partial charge in [-0.05, 0) is 24.1 Å². The number of carboxylic acids is 1. The Kier molecular flexibility index (Phi) is 4.09. The van der Waals surface area contributed by atoms with Crippen LogP contribution in [0.2, 0.25) is 0 Å². The maximum absolute atomic E-state index is 11.3. The molecular weight excluding hydrogens is 224 g/mol. The van der Waals surface area contributed by atoms with Crippen LogP contribution in [-0.2, 0) is 9.53 Å². The van der Waals surface area contributed by atoms with Crippen LogP contribution in [-0.4, -0.2) is 29.3 Å². The molecule has 5 nitrogen and oxygen atoms in total. The van der Waals surface area contributed by atoms with E-state index >= 15 is 0 Å². The Balaban J connectivity index is 3.20. The third-order valence-electron chi connectivity index (χ3n) is 2.53. The summed E-state index contributed by atoms with van der Waals surface area (Å²) in [7, 11) is 1.20. The largest absolute Gasteiger partial charge is 0.507 e. The lowest BCUT2D eigenvalue weighted by Gasteiger charge is -2.12. The van der Waals surface area contributed by atoms with Gasteiger partial charge in [0.05, 0.1) is 13.0 Å². The second kappa shape index (κ2) is 5.34. The van der Waals surface area contributed by atoms with Crippen molar-refractivity contribution in [1.82, 2.24) is 0 Å². The quantitative estimate of drug-likeness (QED) is 0.781. The van der Waals surface area contributed by atoms with Gasteiger partial charge in [0.15, 0.2) is 0 Å². The van der Waals surface area contributed by atoms with Crippen molar-refractivity contribution >= 4 is 11.9 Å². The van der Waals surface area contributed by atoms with Crippen LogP contribution >= 0.6 is 0 Å². The molecule has 1 aromatic rings. The van der Waals surface area contributed by atoms with Crippen LogP contribution in [0.4, 0.5) is 0 Å². The second-order valence-electron chi connectivity index (χ2n) is 3.57. The molecule has 0 spiro atoms. The first-order valence-corrected chi connectivity index (χ1v) is 5.15. The van der Waals surface area contributed by atoms with E-state index in [4.69, 9.17) is 5.11 Å². The van der Waals surface area contributed by atoms with Gasteiger partial charge in [-0.2, -0.15) is 0 Å². The fourth-order valence-corrected chi connectivity index (χ4v) is 1.60. The number of carboxylic acid groups (broad SMARTS) is 1. The first-order chi connectivity index (χ1) is 8.01. The number of phenolic OH excluding ortho intramolecular Hbond substituents is 1. The molecule has 0 bridgehead atoms. The van der Waals surface area contributed by atoms with Crippen molar-refractivity contribution in [1.29, 1.82) is 0 Å². The summed E-state index contributed by atoms with van der Waals surface area (Å²) in [6.07, 6.45) is 0.403. The summed E-state index contributed by atoms with van der Waals surface area (Å²) in [5.74, 6) is -2.57. The highest BCUT2D eigenvalue weighted by atomic mass is 16.5. The topological polar surface area (TPSA) is 83.8 Å². The zero-order chi connectivity index (χ0) is 13.0. The summed E-state index contributed by atoms with van der Waals surface area (Å²) in [5, 5.41) is 18.5. The molecule has 0 heterocycles. The van der Waals surface area contributed by atoms with E-state index in [1.807, 2.05) is 0 Å². The number of hydrogen-bond acceptors (Lipinski definition) is 4. The van der Waals surface area contributed by atoms with Gasteiger partial charge < -0.3 is 14.9 Å². The van der Waals surface area contributed by atoms with Crippen LogP contribution in [0.25, 0.3) is 0 Å². The number of methoxy groups -OCH3 is 1. The molecule has 2 N–H and O–H groups in total. The normalized spacial score (nSPS) is 11.9. The first kappa shape index (κ1) is 13.0. The van der Waals surface area contributed by atoms with Gasteiger partial charge in [-0.25, -0.2) is 4.79 Å². The molecule has 1 aromatic carbocycles. The number of esters is 1. The Hall–Kier alpha value is -2.04. The van der Waals surface area contributed by atoms with Gasteiger partial charge in [0.25, 0.3) is 0 Å². The van der Waals surface area contributed by atoms with Crippen LogP contribution in [0.1, 0.15) is 35.2 Å². The minimum absolute atomic E-state index is 0.0234. The third-order valence-corrected chi connectivity index (χ3v) is 2.53. The van der Waals surface area contributed by atoms with Crippen molar-refractivity contribution < 1.29 is 24.5 Å². The van der Waals surface area contributed by atoms with E-state index in [-0.39, 0.29) is 11.3 Å². The fraction of sp³-hybridized carbons (Fsp3) is 0.333. The summed E-state index contributed by atoms with van der Waals surface area (Å²) in [5.41, 5.74) is 0.447. The molecule has 0 aliphatic carbocycles. The van der Waals surface area contributed by atoms with Gasteiger partial charge in [-0.15, -0.1) is 0 Å². The number of ether oxygens (including phenoxy) is 1. The van der Waals surface area contributed by atoms with E-state index in [2.05, 4.69) is 4.74 Å². The summed E-state index contributed by atoms with van der Waals surface area (Å²) in [4.78, 5) is 22.3. The van der Waals surface area contributed by atoms with Crippen LogP contribution in [0.15, 0.2) is 18.2 Å². The maximum atomic E-state index is 11.3. The van der Waals surface area contributed by atoms with Crippen molar-refractivity contribution in [3.05, 3.63) is 29.3 Å². The monoisotopic (exact) mass is 238 g/mol. The highest BCUT2D eigenvalue weighted by Gasteiger charge is 2.20. The molecule has 92 valence electrons. The minimum Gasteiger partial charge on any atom is -0.507 e. The number of aliphatic carboxylic acids is 1. The third kappa shape index (κ3) is 2.75. The van der Waals surface area contributed by atoms with E-state index in [9.17, 15) is 14.7 Å². The molecular formula is C12H14O5. The van der Waals surface area contributed by atoms with E-state index in [0.717, 1.165) is 0 Å². The van der Waals surface area contributed by atoms with E-state index in [1.165, 1.54) is 25.3 Å². The average Bonchev–Trinajstić information content (AvgIpc) is 2.30. The van der Waals surface area contributed by atoms with Crippen molar-refractivity contribution in [3.8, 4) is 5.75 Å². The fourth-order valence-electron chi connectivity index (χ4n) is 1.60. The maximum Gasteiger partial charge on any atom is 0.341 e. The summed E-state index contributed by atoms with van der Waals surface area (Å²) >= 11 is 0. The number of benzene rings is 1. The zero-order valence-corrected chi connectivity index (χ0v) is 9.64. The van der Waals surface area contributed by atoms with Gasteiger partial charge in [-0.3, -0.25) is 4.79 Å². The molecule has 0 amide bonds.